The summed E-state index contributed by atoms with van der Waals surface area (Å²) < 4.78 is 0. The molecule has 1 aromatic carbocycles. The van der Waals surface area contributed by atoms with Gasteiger partial charge in [0.2, 0.25) is 0 Å². The van der Waals surface area contributed by atoms with Crippen molar-refractivity contribution < 1.29 is 0 Å². The second-order valence-electron chi connectivity index (χ2n) is 6.33. The Morgan fingerprint density at radius 3 is 2.81 bits per heavy atom. The van der Waals surface area contributed by atoms with Gasteiger partial charge in [0.1, 0.15) is 5.82 Å². The van der Waals surface area contributed by atoms with Crippen molar-refractivity contribution in [2.24, 2.45) is 11.8 Å². The molecule has 1 saturated carbocycles. The second-order valence-corrected chi connectivity index (χ2v) is 6.33. The summed E-state index contributed by atoms with van der Waals surface area (Å²) in [5.74, 6) is 2.29. The molecule has 0 amide bonds. The van der Waals surface area contributed by atoms with E-state index in [-0.39, 0.29) is 0 Å². The number of rotatable bonds is 2. The molecule has 3 nitrogen and oxygen atoms in total. The van der Waals surface area contributed by atoms with Crippen LogP contribution in [0, 0.1) is 23.2 Å². The summed E-state index contributed by atoms with van der Waals surface area (Å²) in [5.41, 5.74) is 1.58. The molecule has 1 N–H and O–H groups in total. The van der Waals surface area contributed by atoms with E-state index in [1.54, 1.807) is 0 Å². The number of nitriles is 1. The van der Waals surface area contributed by atoms with E-state index in [4.69, 9.17) is 0 Å². The molecule has 108 valence electrons. The first-order valence-electron chi connectivity index (χ1n) is 7.74. The molecule has 3 rings (SSSR count). The third-order valence-corrected chi connectivity index (χ3v) is 4.60. The third-order valence-electron chi connectivity index (χ3n) is 4.60. The van der Waals surface area contributed by atoms with Gasteiger partial charge in [-0.05, 0) is 43.2 Å². The fourth-order valence-electron chi connectivity index (χ4n) is 3.41. The monoisotopic (exact) mass is 279 g/mol. The zero-order valence-electron chi connectivity index (χ0n) is 12.6. The van der Waals surface area contributed by atoms with Crippen molar-refractivity contribution in [1.29, 1.82) is 5.26 Å². The highest BCUT2D eigenvalue weighted by molar-refractivity contribution is 5.86. The van der Waals surface area contributed by atoms with Gasteiger partial charge in [-0.25, -0.2) is 4.98 Å². The molecule has 1 heterocycles. The fraction of sp³-hybridized carbons (Fsp3) is 0.444. The van der Waals surface area contributed by atoms with Gasteiger partial charge in [0.15, 0.2) is 0 Å². The lowest BCUT2D eigenvalue weighted by atomic mass is 9.80. The van der Waals surface area contributed by atoms with Crippen molar-refractivity contribution in [3.05, 3.63) is 35.9 Å². The molecule has 1 fully saturated rings. The molecule has 0 aliphatic heterocycles. The Labute approximate surface area is 126 Å². The molecular weight excluding hydrogens is 258 g/mol. The largest absolute Gasteiger partial charge is 0.367 e. The number of hydrogen-bond donors (Lipinski definition) is 1. The van der Waals surface area contributed by atoms with Gasteiger partial charge in [-0.3, -0.25) is 0 Å². The molecule has 0 bridgehead atoms. The molecule has 0 saturated heterocycles. The van der Waals surface area contributed by atoms with Crippen molar-refractivity contribution in [3.8, 4) is 6.07 Å². The molecule has 2 aromatic rings. The van der Waals surface area contributed by atoms with Crippen molar-refractivity contribution >= 4 is 16.7 Å². The number of anilines is 1. The molecule has 1 aromatic heterocycles. The van der Waals surface area contributed by atoms with Crippen molar-refractivity contribution in [2.45, 2.75) is 39.2 Å². The lowest BCUT2D eigenvalue weighted by Crippen LogP contribution is -2.33. The summed E-state index contributed by atoms with van der Waals surface area (Å²) in [7, 11) is 0. The van der Waals surface area contributed by atoms with Gasteiger partial charge in [-0.2, -0.15) is 5.26 Å². The maximum atomic E-state index is 9.35. The zero-order chi connectivity index (χ0) is 14.8. The molecular formula is C18H21N3. The van der Waals surface area contributed by atoms with E-state index < -0.39 is 0 Å². The molecule has 21 heavy (non-hydrogen) atoms. The molecule has 1 aliphatic carbocycles. The van der Waals surface area contributed by atoms with Crippen molar-refractivity contribution in [3.63, 3.8) is 0 Å². The minimum absolute atomic E-state index is 0.460. The van der Waals surface area contributed by atoms with Gasteiger partial charge < -0.3 is 5.32 Å². The Morgan fingerprint density at radius 2 is 2.05 bits per heavy atom. The van der Waals surface area contributed by atoms with E-state index in [0.717, 1.165) is 22.6 Å². The van der Waals surface area contributed by atoms with Gasteiger partial charge in [0.25, 0.3) is 0 Å². The quantitative estimate of drug-likeness (QED) is 0.889. The predicted octanol–water partition coefficient (Wildman–Crippen LogP) is 4.34. The van der Waals surface area contributed by atoms with Crippen LogP contribution in [-0.2, 0) is 0 Å². The number of fused-ring (bicyclic) bond motifs is 1. The molecule has 3 heteroatoms. The summed E-state index contributed by atoms with van der Waals surface area (Å²) in [6, 6.07) is 12.5. The van der Waals surface area contributed by atoms with Gasteiger partial charge in [-0.15, -0.1) is 0 Å². The summed E-state index contributed by atoms with van der Waals surface area (Å²) in [5, 5.41) is 13.8. The lowest BCUT2D eigenvalue weighted by molar-refractivity contribution is 0.276. The number of para-hydroxylation sites is 1. The van der Waals surface area contributed by atoms with E-state index >= 15 is 0 Å². The summed E-state index contributed by atoms with van der Waals surface area (Å²) in [4.78, 5) is 4.67. The minimum Gasteiger partial charge on any atom is -0.367 e. The van der Waals surface area contributed by atoms with E-state index in [2.05, 4.69) is 30.2 Å². The Kier molecular flexibility index (Phi) is 3.79. The summed E-state index contributed by atoms with van der Waals surface area (Å²) in [6.07, 6.45) is 3.70. The highest BCUT2D eigenvalue weighted by Gasteiger charge is 2.25. The van der Waals surface area contributed by atoms with Gasteiger partial charge >= 0.3 is 0 Å². The number of pyridine rings is 1. The van der Waals surface area contributed by atoms with Crippen LogP contribution >= 0.6 is 0 Å². The number of hydrogen-bond acceptors (Lipinski definition) is 3. The normalized spacial score (nSPS) is 25.5. The van der Waals surface area contributed by atoms with Crippen LogP contribution in [0.15, 0.2) is 30.3 Å². The van der Waals surface area contributed by atoms with Gasteiger partial charge in [-0.1, -0.05) is 32.0 Å². The van der Waals surface area contributed by atoms with E-state index in [0.29, 0.717) is 17.5 Å². The average Bonchev–Trinajstić information content (AvgIpc) is 2.49. The Bertz CT molecular complexity index is 686. The first-order valence-corrected chi connectivity index (χ1v) is 7.74. The summed E-state index contributed by atoms with van der Waals surface area (Å²) >= 11 is 0. The standard InChI is InChI=1S/C18H21N3/c1-12-7-8-16(13(2)9-12)20-18-10-14(11-19)15-5-3-4-6-17(15)21-18/h3-6,10,12-13,16H,7-9H2,1-2H3,(H,20,21). The number of nitrogens with zero attached hydrogens (tertiary/aromatic N) is 2. The smallest absolute Gasteiger partial charge is 0.128 e. The molecule has 0 radical (unpaired) electrons. The second kappa shape index (κ2) is 5.73. The lowest BCUT2D eigenvalue weighted by Gasteiger charge is -2.33. The van der Waals surface area contributed by atoms with E-state index in [9.17, 15) is 5.26 Å². The van der Waals surface area contributed by atoms with Gasteiger partial charge in [0, 0.05) is 11.4 Å². The van der Waals surface area contributed by atoms with Crippen molar-refractivity contribution in [2.75, 3.05) is 5.32 Å². The van der Waals surface area contributed by atoms with Crippen LogP contribution in [0.1, 0.15) is 38.7 Å². The highest BCUT2D eigenvalue weighted by Crippen LogP contribution is 2.31. The first-order chi connectivity index (χ1) is 10.2. The van der Waals surface area contributed by atoms with E-state index in [1.807, 2.05) is 30.3 Å². The van der Waals surface area contributed by atoms with Crippen LogP contribution in [-0.4, -0.2) is 11.0 Å². The number of benzene rings is 1. The molecule has 0 spiro atoms. The topological polar surface area (TPSA) is 48.7 Å². The summed E-state index contributed by atoms with van der Waals surface area (Å²) in [6.45, 7) is 4.63. The predicted molar refractivity (Wildman–Crippen MR) is 86.0 cm³/mol. The van der Waals surface area contributed by atoms with Crippen LogP contribution < -0.4 is 5.32 Å². The van der Waals surface area contributed by atoms with Crippen LogP contribution in [0.5, 0.6) is 0 Å². The molecule has 3 unspecified atom stereocenters. The van der Waals surface area contributed by atoms with Crippen LogP contribution in [0.4, 0.5) is 5.82 Å². The molecule has 1 aliphatic rings. The zero-order valence-corrected chi connectivity index (χ0v) is 12.6. The first kappa shape index (κ1) is 13.9. The van der Waals surface area contributed by atoms with E-state index in [1.165, 1.54) is 19.3 Å². The van der Waals surface area contributed by atoms with Crippen LogP contribution in [0.2, 0.25) is 0 Å². The Balaban J connectivity index is 1.89. The third kappa shape index (κ3) is 2.85. The average molecular weight is 279 g/mol. The number of nitrogens with one attached hydrogen (secondary N) is 1. The SMILES string of the molecule is CC1CCC(Nc2cc(C#N)c3ccccc3n2)C(C)C1. The fourth-order valence-corrected chi connectivity index (χ4v) is 3.41. The van der Waals surface area contributed by atoms with Crippen LogP contribution in [0.3, 0.4) is 0 Å². The highest BCUT2D eigenvalue weighted by atomic mass is 15.0. The van der Waals surface area contributed by atoms with Crippen LogP contribution in [0.25, 0.3) is 10.9 Å². The maximum Gasteiger partial charge on any atom is 0.128 e. The number of aromatic nitrogens is 1. The Morgan fingerprint density at radius 1 is 1.24 bits per heavy atom. The minimum atomic E-state index is 0.460. The molecule has 3 atom stereocenters. The Hall–Kier alpha value is -2.08. The van der Waals surface area contributed by atoms with Gasteiger partial charge in [0.05, 0.1) is 17.1 Å². The van der Waals surface area contributed by atoms with Crippen molar-refractivity contribution in [1.82, 2.24) is 4.98 Å². The maximum absolute atomic E-state index is 9.35.